The molecule has 7 heteroatoms. The maximum absolute atomic E-state index is 6.17. The van der Waals surface area contributed by atoms with Gasteiger partial charge < -0.3 is 15.0 Å². The summed E-state index contributed by atoms with van der Waals surface area (Å²) in [7, 11) is 0. The van der Waals surface area contributed by atoms with Crippen molar-refractivity contribution in [3.05, 3.63) is 72.0 Å². The minimum Gasteiger partial charge on any atom is -0.378 e. The summed E-state index contributed by atoms with van der Waals surface area (Å²) in [5, 5.41) is 4.89. The van der Waals surface area contributed by atoms with Crippen LogP contribution in [0.15, 0.2) is 67.0 Å². The van der Waals surface area contributed by atoms with E-state index in [9.17, 15) is 0 Å². The van der Waals surface area contributed by atoms with Crippen LogP contribution in [0.5, 0.6) is 0 Å². The van der Waals surface area contributed by atoms with Gasteiger partial charge in [0.1, 0.15) is 5.52 Å². The van der Waals surface area contributed by atoms with E-state index in [1.54, 1.807) is 6.20 Å². The minimum absolute atomic E-state index is 0.526. The average molecular weight is 418 g/mol. The van der Waals surface area contributed by atoms with Crippen LogP contribution in [-0.2, 0) is 4.74 Å². The van der Waals surface area contributed by atoms with Crippen molar-refractivity contribution in [3.8, 4) is 11.3 Å². The molecule has 0 atom stereocenters. The molecule has 1 saturated heterocycles. The van der Waals surface area contributed by atoms with E-state index in [1.807, 2.05) is 48.7 Å². The largest absolute Gasteiger partial charge is 0.378 e. The van der Waals surface area contributed by atoms with E-state index in [2.05, 4.69) is 32.3 Å². The molecule has 0 radical (unpaired) electrons. The second-order valence-electron chi connectivity index (χ2n) is 7.07. The fourth-order valence-corrected chi connectivity index (χ4v) is 3.76. The summed E-state index contributed by atoms with van der Waals surface area (Å²) < 4.78 is 5.42. The van der Waals surface area contributed by atoms with Gasteiger partial charge in [0.25, 0.3) is 0 Å². The molecule has 150 valence electrons. The van der Waals surface area contributed by atoms with Crippen molar-refractivity contribution in [1.29, 1.82) is 0 Å². The standard InChI is InChI=1S/C23H20ClN5O/c24-18-3-1-2-16(14-18)21-22-17(8-9-25-21)15-26-23(28-22)27-19-4-6-20(7-5-19)29-10-12-30-13-11-29/h1-9,14-15H,10-13H2,(H,26,27,28). The molecule has 0 saturated carbocycles. The van der Waals surface area contributed by atoms with Gasteiger partial charge in [0.05, 0.1) is 18.9 Å². The lowest BCUT2D eigenvalue weighted by molar-refractivity contribution is 0.122. The third kappa shape index (κ3) is 3.92. The van der Waals surface area contributed by atoms with E-state index in [1.165, 1.54) is 5.69 Å². The Morgan fingerprint density at radius 3 is 2.60 bits per heavy atom. The van der Waals surface area contributed by atoms with Crippen LogP contribution < -0.4 is 10.2 Å². The Kier molecular flexibility index (Phi) is 5.17. The third-order valence-electron chi connectivity index (χ3n) is 5.10. The summed E-state index contributed by atoms with van der Waals surface area (Å²) in [6, 6.07) is 17.8. The number of nitrogens with zero attached hydrogens (tertiary/aromatic N) is 4. The molecule has 1 N–H and O–H groups in total. The first-order chi connectivity index (χ1) is 14.8. The summed E-state index contributed by atoms with van der Waals surface area (Å²) in [6.45, 7) is 3.38. The van der Waals surface area contributed by atoms with E-state index in [0.717, 1.165) is 54.2 Å². The lowest BCUT2D eigenvalue weighted by Crippen LogP contribution is -2.36. The smallest absolute Gasteiger partial charge is 0.227 e. The number of benzene rings is 2. The van der Waals surface area contributed by atoms with Crippen LogP contribution in [0.1, 0.15) is 0 Å². The zero-order chi connectivity index (χ0) is 20.3. The van der Waals surface area contributed by atoms with Crippen LogP contribution in [0.3, 0.4) is 0 Å². The van der Waals surface area contributed by atoms with Crippen molar-refractivity contribution in [1.82, 2.24) is 15.0 Å². The Hall–Kier alpha value is -3.22. The molecule has 0 unspecified atom stereocenters. The summed E-state index contributed by atoms with van der Waals surface area (Å²) in [5.74, 6) is 0.526. The summed E-state index contributed by atoms with van der Waals surface area (Å²) in [5.41, 5.74) is 4.60. The van der Waals surface area contributed by atoms with Crippen LogP contribution in [0.2, 0.25) is 5.02 Å². The maximum Gasteiger partial charge on any atom is 0.227 e. The summed E-state index contributed by atoms with van der Waals surface area (Å²) in [6.07, 6.45) is 3.57. The quantitative estimate of drug-likeness (QED) is 0.508. The monoisotopic (exact) mass is 417 g/mol. The van der Waals surface area contributed by atoms with Crippen molar-refractivity contribution in [2.75, 3.05) is 36.5 Å². The Labute approximate surface area is 179 Å². The van der Waals surface area contributed by atoms with Crippen molar-refractivity contribution in [2.24, 2.45) is 0 Å². The molecule has 5 rings (SSSR count). The van der Waals surface area contributed by atoms with Gasteiger partial charge in [-0.15, -0.1) is 0 Å². The van der Waals surface area contributed by atoms with Crippen molar-refractivity contribution in [2.45, 2.75) is 0 Å². The number of fused-ring (bicyclic) bond motifs is 1. The van der Waals surface area contributed by atoms with E-state index >= 15 is 0 Å². The molecule has 1 aliphatic heterocycles. The molecule has 3 heterocycles. The van der Waals surface area contributed by atoms with Crippen molar-refractivity contribution >= 4 is 39.8 Å². The summed E-state index contributed by atoms with van der Waals surface area (Å²) in [4.78, 5) is 16.1. The number of rotatable bonds is 4. The average Bonchev–Trinajstić information content (AvgIpc) is 2.80. The van der Waals surface area contributed by atoms with E-state index in [0.29, 0.717) is 11.0 Å². The van der Waals surface area contributed by atoms with E-state index in [-0.39, 0.29) is 0 Å². The lowest BCUT2D eigenvalue weighted by Gasteiger charge is -2.28. The van der Waals surface area contributed by atoms with Gasteiger partial charge in [0.15, 0.2) is 0 Å². The van der Waals surface area contributed by atoms with Crippen LogP contribution in [0.4, 0.5) is 17.3 Å². The van der Waals surface area contributed by atoms with Gasteiger partial charge in [-0.2, -0.15) is 0 Å². The highest BCUT2D eigenvalue weighted by molar-refractivity contribution is 6.30. The molecule has 6 nitrogen and oxygen atoms in total. The topological polar surface area (TPSA) is 63.2 Å². The fraction of sp³-hybridized carbons (Fsp3) is 0.174. The van der Waals surface area contributed by atoms with Crippen LogP contribution in [0, 0.1) is 0 Å². The highest BCUT2D eigenvalue weighted by Gasteiger charge is 2.12. The minimum atomic E-state index is 0.526. The number of halogens is 1. The molecule has 30 heavy (non-hydrogen) atoms. The number of nitrogens with one attached hydrogen (secondary N) is 1. The number of pyridine rings is 1. The number of hydrogen-bond donors (Lipinski definition) is 1. The fourth-order valence-electron chi connectivity index (χ4n) is 3.57. The predicted octanol–water partition coefficient (Wildman–Crippen LogP) is 4.93. The van der Waals surface area contributed by atoms with Gasteiger partial charge in [0, 0.05) is 52.8 Å². The molecule has 0 amide bonds. The zero-order valence-electron chi connectivity index (χ0n) is 16.3. The number of morpholine rings is 1. The van der Waals surface area contributed by atoms with Gasteiger partial charge in [0.2, 0.25) is 5.95 Å². The Morgan fingerprint density at radius 1 is 0.967 bits per heavy atom. The Balaban J connectivity index is 1.43. The van der Waals surface area contributed by atoms with E-state index in [4.69, 9.17) is 21.3 Å². The molecule has 0 aliphatic carbocycles. The van der Waals surface area contributed by atoms with Crippen LogP contribution in [0.25, 0.3) is 22.2 Å². The Bertz CT molecular complexity index is 1180. The molecule has 2 aromatic heterocycles. The first-order valence-electron chi connectivity index (χ1n) is 9.84. The van der Waals surface area contributed by atoms with Gasteiger partial charge in [-0.1, -0.05) is 23.7 Å². The lowest BCUT2D eigenvalue weighted by atomic mass is 10.1. The molecular formula is C23H20ClN5O. The molecule has 1 aliphatic rings. The number of hydrogen-bond acceptors (Lipinski definition) is 6. The molecule has 0 spiro atoms. The van der Waals surface area contributed by atoms with Crippen molar-refractivity contribution in [3.63, 3.8) is 0 Å². The van der Waals surface area contributed by atoms with Crippen molar-refractivity contribution < 1.29 is 4.74 Å². The second-order valence-corrected chi connectivity index (χ2v) is 7.51. The highest BCUT2D eigenvalue weighted by atomic mass is 35.5. The van der Waals surface area contributed by atoms with Crippen LogP contribution in [-0.4, -0.2) is 41.3 Å². The number of ether oxygens (including phenoxy) is 1. The highest BCUT2D eigenvalue weighted by Crippen LogP contribution is 2.28. The molecule has 1 fully saturated rings. The Morgan fingerprint density at radius 2 is 1.80 bits per heavy atom. The van der Waals surface area contributed by atoms with Gasteiger partial charge in [-0.3, -0.25) is 4.98 Å². The molecule has 4 aromatic rings. The normalized spacial score (nSPS) is 14.1. The maximum atomic E-state index is 6.17. The van der Waals surface area contributed by atoms with Crippen LogP contribution >= 0.6 is 11.6 Å². The first-order valence-corrected chi connectivity index (χ1v) is 10.2. The third-order valence-corrected chi connectivity index (χ3v) is 5.33. The number of aromatic nitrogens is 3. The van der Waals surface area contributed by atoms with Gasteiger partial charge in [-0.05, 0) is 42.5 Å². The zero-order valence-corrected chi connectivity index (χ0v) is 17.0. The SMILES string of the molecule is Clc1cccc(-c2nccc3cnc(Nc4ccc(N5CCOCC5)cc4)nc23)c1. The molecular weight excluding hydrogens is 398 g/mol. The van der Waals surface area contributed by atoms with Gasteiger partial charge in [-0.25, -0.2) is 9.97 Å². The summed E-state index contributed by atoms with van der Waals surface area (Å²) >= 11 is 6.17. The van der Waals surface area contributed by atoms with E-state index < -0.39 is 0 Å². The van der Waals surface area contributed by atoms with Gasteiger partial charge >= 0.3 is 0 Å². The number of anilines is 3. The predicted molar refractivity (Wildman–Crippen MR) is 121 cm³/mol. The molecule has 2 aromatic carbocycles. The molecule has 0 bridgehead atoms. The first kappa shape index (κ1) is 18.8. The second kappa shape index (κ2) is 8.26.